The number of anilines is 2. The second-order valence-electron chi connectivity index (χ2n) is 6.85. The predicted octanol–water partition coefficient (Wildman–Crippen LogP) is 4.26. The van der Waals surface area contributed by atoms with Crippen molar-refractivity contribution in [2.75, 3.05) is 25.0 Å². The van der Waals surface area contributed by atoms with E-state index in [0.29, 0.717) is 12.1 Å². The van der Waals surface area contributed by atoms with Gasteiger partial charge in [0.1, 0.15) is 0 Å². The molecule has 3 rings (SSSR count). The fourth-order valence-corrected chi connectivity index (χ4v) is 3.17. The van der Waals surface area contributed by atoms with Gasteiger partial charge in [-0.25, -0.2) is 0 Å². The smallest absolute Gasteiger partial charge is 0.255 e. The van der Waals surface area contributed by atoms with E-state index in [1.807, 2.05) is 31.3 Å². The zero-order chi connectivity index (χ0) is 19.9. The summed E-state index contributed by atoms with van der Waals surface area (Å²) in [6.07, 6.45) is 7.78. The van der Waals surface area contributed by atoms with Crippen LogP contribution < -0.4 is 4.90 Å². The Bertz CT molecular complexity index is 927. The van der Waals surface area contributed by atoms with Gasteiger partial charge in [-0.15, -0.1) is 0 Å². The molecule has 2 aromatic heterocycles. The molecule has 0 spiro atoms. The Morgan fingerprint density at radius 2 is 1.79 bits per heavy atom. The Morgan fingerprint density at radius 3 is 2.50 bits per heavy atom. The number of carbonyl (C=O) groups excluding carboxylic acids is 1. The summed E-state index contributed by atoms with van der Waals surface area (Å²) in [4.78, 5) is 25.1. The minimum absolute atomic E-state index is 0.0244. The molecular formula is C23H26N4O. The number of nitrogens with zero attached hydrogens (tertiary/aromatic N) is 4. The third-order valence-corrected chi connectivity index (χ3v) is 4.74. The fourth-order valence-electron chi connectivity index (χ4n) is 3.17. The van der Waals surface area contributed by atoms with Crippen molar-refractivity contribution in [3.63, 3.8) is 0 Å². The molecule has 0 atom stereocenters. The maximum atomic E-state index is 12.9. The number of carbonyl (C=O) groups is 1. The highest BCUT2D eigenvalue weighted by Gasteiger charge is 2.15. The van der Waals surface area contributed by atoms with Crippen LogP contribution in [0.2, 0.25) is 0 Å². The first-order valence-electron chi connectivity index (χ1n) is 9.52. The van der Waals surface area contributed by atoms with Crippen LogP contribution in [0.1, 0.15) is 28.4 Å². The molecule has 0 aliphatic carbocycles. The predicted molar refractivity (Wildman–Crippen MR) is 113 cm³/mol. The van der Waals surface area contributed by atoms with E-state index in [2.05, 4.69) is 46.9 Å². The van der Waals surface area contributed by atoms with Crippen LogP contribution in [-0.2, 0) is 6.42 Å². The lowest BCUT2D eigenvalue weighted by molar-refractivity contribution is 0.0796. The van der Waals surface area contributed by atoms with Gasteiger partial charge in [-0.3, -0.25) is 14.8 Å². The summed E-state index contributed by atoms with van der Waals surface area (Å²) in [5, 5.41) is 0. The van der Waals surface area contributed by atoms with Gasteiger partial charge < -0.3 is 9.80 Å². The van der Waals surface area contributed by atoms with E-state index in [-0.39, 0.29) is 5.91 Å². The van der Waals surface area contributed by atoms with E-state index < -0.39 is 0 Å². The van der Waals surface area contributed by atoms with Crippen LogP contribution in [0.25, 0.3) is 0 Å². The summed E-state index contributed by atoms with van der Waals surface area (Å²) < 4.78 is 0. The molecule has 0 aliphatic rings. The molecule has 28 heavy (non-hydrogen) atoms. The summed E-state index contributed by atoms with van der Waals surface area (Å²) in [5.74, 6) is -0.0244. The van der Waals surface area contributed by atoms with Gasteiger partial charge in [-0.2, -0.15) is 0 Å². The lowest BCUT2D eigenvalue weighted by atomic mass is 10.1. The van der Waals surface area contributed by atoms with Gasteiger partial charge in [-0.1, -0.05) is 12.1 Å². The number of hydrogen-bond donors (Lipinski definition) is 0. The van der Waals surface area contributed by atoms with Gasteiger partial charge in [0.15, 0.2) is 0 Å². The molecule has 0 unspecified atom stereocenters. The second-order valence-corrected chi connectivity index (χ2v) is 6.85. The number of aromatic nitrogens is 2. The molecule has 0 N–H and O–H groups in total. The highest BCUT2D eigenvalue weighted by Crippen LogP contribution is 2.26. The monoisotopic (exact) mass is 374 g/mol. The Labute approximate surface area is 166 Å². The molecule has 5 nitrogen and oxygen atoms in total. The summed E-state index contributed by atoms with van der Waals surface area (Å²) >= 11 is 0. The molecule has 5 heteroatoms. The molecule has 0 saturated heterocycles. The van der Waals surface area contributed by atoms with Gasteiger partial charge >= 0.3 is 0 Å². The number of benzene rings is 1. The zero-order valence-electron chi connectivity index (χ0n) is 16.7. The topological polar surface area (TPSA) is 49.3 Å². The average molecular weight is 374 g/mol. The number of hydrogen-bond acceptors (Lipinski definition) is 4. The van der Waals surface area contributed by atoms with E-state index in [1.54, 1.807) is 29.7 Å². The third-order valence-electron chi connectivity index (χ3n) is 4.74. The van der Waals surface area contributed by atoms with E-state index in [4.69, 9.17) is 0 Å². The maximum absolute atomic E-state index is 12.9. The minimum Gasteiger partial charge on any atom is -0.341 e. The molecule has 0 aliphatic heterocycles. The van der Waals surface area contributed by atoms with Gasteiger partial charge in [0.05, 0.1) is 17.4 Å². The standard InChI is InChI=1S/C23H26N4O/c1-4-27(21-7-5-6-18(2)14-21)22-15-20(16-25-17-22)23(28)26(3)13-10-19-8-11-24-12-9-19/h5-9,11-12,14-17H,4,10,13H2,1-3H3. The second kappa shape index (κ2) is 9.13. The molecule has 0 saturated carbocycles. The summed E-state index contributed by atoms with van der Waals surface area (Å²) in [7, 11) is 1.83. The first kappa shape index (κ1) is 19.5. The van der Waals surface area contributed by atoms with Gasteiger partial charge in [0.2, 0.25) is 0 Å². The molecule has 1 aromatic carbocycles. The lowest BCUT2D eigenvalue weighted by Gasteiger charge is -2.24. The first-order valence-corrected chi connectivity index (χ1v) is 9.52. The molecule has 0 bridgehead atoms. The van der Waals surface area contributed by atoms with Crippen LogP contribution in [0, 0.1) is 6.92 Å². The Morgan fingerprint density at radius 1 is 1.00 bits per heavy atom. The number of amides is 1. The van der Waals surface area contributed by atoms with Crippen molar-refractivity contribution in [3.8, 4) is 0 Å². The highest BCUT2D eigenvalue weighted by atomic mass is 16.2. The zero-order valence-corrected chi connectivity index (χ0v) is 16.7. The van der Waals surface area contributed by atoms with E-state index in [9.17, 15) is 4.79 Å². The number of aryl methyl sites for hydroxylation is 1. The quantitative estimate of drug-likeness (QED) is 0.620. The SMILES string of the molecule is CCN(c1cccc(C)c1)c1cncc(C(=O)N(C)CCc2ccncc2)c1. The minimum atomic E-state index is -0.0244. The number of pyridine rings is 2. The molecule has 144 valence electrons. The van der Waals surface area contributed by atoms with Crippen molar-refractivity contribution >= 4 is 17.3 Å². The van der Waals surface area contributed by atoms with Crippen LogP contribution in [0.4, 0.5) is 11.4 Å². The van der Waals surface area contributed by atoms with Crippen LogP contribution in [0.15, 0.2) is 67.3 Å². The van der Waals surface area contributed by atoms with Crippen LogP contribution in [0.5, 0.6) is 0 Å². The van der Waals surface area contributed by atoms with Gasteiger partial charge in [0.25, 0.3) is 5.91 Å². The Hall–Kier alpha value is -3.21. The first-order chi connectivity index (χ1) is 13.6. The highest BCUT2D eigenvalue weighted by molar-refractivity contribution is 5.94. The molecular weight excluding hydrogens is 348 g/mol. The fraction of sp³-hybridized carbons (Fsp3) is 0.261. The van der Waals surface area contributed by atoms with Crippen molar-refractivity contribution in [3.05, 3.63) is 83.9 Å². The van der Waals surface area contributed by atoms with Gasteiger partial charge in [0, 0.05) is 44.4 Å². The van der Waals surface area contributed by atoms with Crippen LogP contribution in [0.3, 0.4) is 0 Å². The molecule has 1 amide bonds. The summed E-state index contributed by atoms with van der Waals surface area (Å²) in [6, 6.07) is 14.2. The number of likely N-dealkylation sites (N-methyl/N-ethyl adjacent to an activating group) is 1. The van der Waals surface area contributed by atoms with Crippen molar-refractivity contribution < 1.29 is 4.79 Å². The van der Waals surface area contributed by atoms with Crippen LogP contribution in [-0.4, -0.2) is 40.9 Å². The van der Waals surface area contributed by atoms with Crippen molar-refractivity contribution in [2.45, 2.75) is 20.3 Å². The van der Waals surface area contributed by atoms with Gasteiger partial charge in [-0.05, 0) is 61.7 Å². The third kappa shape index (κ3) is 4.74. The van der Waals surface area contributed by atoms with E-state index in [0.717, 1.165) is 29.9 Å². The largest absolute Gasteiger partial charge is 0.341 e. The van der Waals surface area contributed by atoms with E-state index >= 15 is 0 Å². The van der Waals surface area contributed by atoms with Crippen molar-refractivity contribution in [1.29, 1.82) is 0 Å². The summed E-state index contributed by atoms with van der Waals surface area (Å²) in [5.41, 5.74) is 4.98. The lowest BCUT2D eigenvalue weighted by Crippen LogP contribution is -2.29. The average Bonchev–Trinajstić information content (AvgIpc) is 2.73. The van der Waals surface area contributed by atoms with Crippen molar-refractivity contribution in [2.24, 2.45) is 0 Å². The van der Waals surface area contributed by atoms with E-state index in [1.165, 1.54) is 5.56 Å². The Kier molecular flexibility index (Phi) is 6.37. The molecule has 3 aromatic rings. The summed E-state index contributed by atoms with van der Waals surface area (Å²) in [6.45, 7) is 5.61. The van der Waals surface area contributed by atoms with Crippen molar-refractivity contribution in [1.82, 2.24) is 14.9 Å². The molecule has 0 radical (unpaired) electrons. The van der Waals surface area contributed by atoms with Crippen LogP contribution >= 0.6 is 0 Å². The number of rotatable bonds is 7. The maximum Gasteiger partial charge on any atom is 0.255 e. The normalized spacial score (nSPS) is 10.5. The Balaban J connectivity index is 1.75. The molecule has 0 fully saturated rings. The molecule has 2 heterocycles.